The van der Waals surface area contributed by atoms with Crippen molar-refractivity contribution in [2.45, 2.75) is 6.92 Å². The van der Waals surface area contributed by atoms with Crippen LogP contribution in [0.4, 0.5) is 5.95 Å². The lowest BCUT2D eigenvalue weighted by atomic mass is 9.97. The summed E-state index contributed by atoms with van der Waals surface area (Å²) >= 11 is 0. The Morgan fingerprint density at radius 1 is 1.00 bits per heavy atom. The lowest BCUT2D eigenvalue weighted by Gasteiger charge is -2.07. The van der Waals surface area contributed by atoms with Gasteiger partial charge in [-0.3, -0.25) is 0 Å². The quantitative estimate of drug-likeness (QED) is 0.564. The zero-order valence-corrected chi connectivity index (χ0v) is 13.9. The highest BCUT2D eigenvalue weighted by Gasteiger charge is 2.04. The van der Waals surface area contributed by atoms with Crippen molar-refractivity contribution in [3.05, 3.63) is 84.2 Å². The van der Waals surface area contributed by atoms with Crippen molar-refractivity contribution in [1.82, 2.24) is 9.66 Å². The summed E-state index contributed by atoms with van der Waals surface area (Å²) in [6.07, 6.45) is 3.60. The van der Waals surface area contributed by atoms with Gasteiger partial charge in [0, 0.05) is 0 Å². The van der Waals surface area contributed by atoms with Crippen molar-refractivity contribution in [2.24, 2.45) is 5.10 Å². The van der Waals surface area contributed by atoms with Crippen LogP contribution in [0.2, 0.25) is 0 Å². The molecule has 2 N–H and O–H groups in total. The van der Waals surface area contributed by atoms with E-state index < -0.39 is 0 Å². The Kier molecular flexibility index (Phi) is 3.78. The third-order valence-corrected chi connectivity index (χ3v) is 4.15. The molecule has 0 saturated carbocycles. The molecule has 0 atom stereocenters. The molecule has 0 aliphatic carbocycles. The van der Waals surface area contributed by atoms with Crippen LogP contribution in [0, 0.1) is 6.92 Å². The predicted molar refractivity (Wildman–Crippen MR) is 104 cm³/mol. The maximum atomic E-state index is 5.83. The number of nitrogens with two attached hydrogens (primary N) is 1. The first kappa shape index (κ1) is 15.1. The number of benzene rings is 3. The number of anilines is 1. The molecule has 4 nitrogen and oxygen atoms in total. The third kappa shape index (κ3) is 3.02. The molecule has 1 aromatic heterocycles. The largest absolute Gasteiger partial charge is 0.368 e. The van der Waals surface area contributed by atoms with Gasteiger partial charge in [-0.05, 0) is 40.5 Å². The number of hydrogen-bond donors (Lipinski definition) is 1. The summed E-state index contributed by atoms with van der Waals surface area (Å²) in [5.41, 5.74) is 10.1. The van der Waals surface area contributed by atoms with Gasteiger partial charge < -0.3 is 5.73 Å². The van der Waals surface area contributed by atoms with Gasteiger partial charge in [-0.1, -0.05) is 60.7 Å². The number of fused-ring (bicyclic) bond motifs is 1. The highest BCUT2D eigenvalue weighted by atomic mass is 15.4. The van der Waals surface area contributed by atoms with Crippen molar-refractivity contribution in [1.29, 1.82) is 0 Å². The van der Waals surface area contributed by atoms with Crippen LogP contribution in [0.3, 0.4) is 0 Å². The fourth-order valence-corrected chi connectivity index (χ4v) is 2.99. The van der Waals surface area contributed by atoms with Crippen LogP contribution in [0.1, 0.15) is 11.3 Å². The zero-order chi connectivity index (χ0) is 17.2. The van der Waals surface area contributed by atoms with Gasteiger partial charge in [-0.15, -0.1) is 0 Å². The molecule has 3 aromatic carbocycles. The van der Waals surface area contributed by atoms with Crippen molar-refractivity contribution >= 4 is 22.9 Å². The number of imidazole rings is 1. The van der Waals surface area contributed by atoms with E-state index in [2.05, 4.69) is 64.7 Å². The van der Waals surface area contributed by atoms with Crippen LogP contribution in [-0.2, 0) is 0 Å². The molecule has 4 heteroatoms. The molecule has 0 aliphatic rings. The van der Waals surface area contributed by atoms with Crippen LogP contribution in [0.5, 0.6) is 0 Å². The Hall–Kier alpha value is -3.40. The van der Waals surface area contributed by atoms with Crippen molar-refractivity contribution < 1.29 is 0 Å². The number of hydrogen-bond acceptors (Lipinski definition) is 3. The van der Waals surface area contributed by atoms with E-state index in [0.29, 0.717) is 5.95 Å². The van der Waals surface area contributed by atoms with E-state index in [4.69, 9.17) is 5.73 Å². The van der Waals surface area contributed by atoms with Crippen LogP contribution >= 0.6 is 0 Å². The van der Waals surface area contributed by atoms with E-state index in [9.17, 15) is 0 Å². The molecule has 1 heterocycles. The normalized spacial score (nSPS) is 11.4. The van der Waals surface area contributed by atoms with E-state index in [1.807, 2.05) is 19.1 Å². The van der Waals surface area contributed by atoms with Gasteiger partial charge >= 0.3 is 0 Å². The zero-order valence-electron chi connectivity index (χ0n) is 13.9. The average molecular weight is 326 g/mol. The first-order chi connectivity index (χ1) is 12.2. The SMILES string of the molecule is Cc1cn(N=Cc2cccc(-c3cccc4ccccc34)c2)c(N)n1. The molecule has 122 valence electrons. The Labute approximate surface area is 146 Å². The highest BCUT2D eigenvalue weighted by Crippen LogP contribution is 2.28. The molecule has 0 spiro atoms. The van der Waals surface area contributed by atoms with Crippen molar-refractivity contribution in [3.63, 3.8) is 0 Å². The van der Waals surface area contributed by atoms with Crippen LogP contribution in [0.25, 0.3) is 21.9 Å². The molecule has 4 aromatic rings. The molecule has 0 unspecified atom stereocenters. The van der Waals surface area contributed by atoms with Gasteiger partial charge in [0.15, 0.2) is 0 Å². The second-order valence-electron chi connectivity index (χ2n) is 5.98. The molecule has 4 rings (SSSR count). The van der Waals surface area contributed by atoms with Crippen LogP contribution < -0.4 is 5.73 Å². The Balaban J connectivity index is 1.73. The third-order valence-electron chi connectivity index (χ3n) is 4.15. The summed E-state index contributed by atoms with van der Waals surface area (Å²) in [4.78, 5) is 4.15. The first-order valence-electron chi connectivity index (χ1n) is 8.15. The monoisotopic (exact) mass is 326 g/mol. The average Bonchev–Trinajstić information content (AvgIpc) is 2.97. The van der Waals surface area contributed by atoms with Crippen LogP contribution in [-0.4, -0.2) is 15.9 Å². The number of aryl methyl sites for hydroxylation is 1. The van der Waals surface area contributed by atoms with Gasteiger partial charge in [0.25, 0.3) is 0 Å². The fraction of sp³-hybridized carbons (Fsp3) is 0.0476. The lowest BCUT2D eigenvalue weighted by molar-refractivity contribution is 0.897. The van der Waals surface area contributed by atoms with Gasteiger partial charge in [0.05, 0.1) is 18.1 Å². The summed E-state index contributed by atoms with van der Waals surface area (Å²) in [6, 6.07) is 23.1. The van der Waals surface area contributed by atoms with E-state index in [1.54, 1.807) is 17.1 Å². The predicted octanol–water partition coefficient (Wildman–Crippen LogP) is 4.48. The van der Waals surface area contributed by atoms with E-state index in [0.717, 1.165) is 16.8 Å². The minimum absolute atomic E-state index is 0.388. The lowest BCUT2D eigenvalue weighted by Crippen LogP contribution is -1.97. The van der Waals surface area contributed by atoms with E-state index >= 15 is 0 Å². The molecule has 0 saturated heterocycles. The minimum Gasteiger partial charge on any atom is -0.368 e. The minimum atomic E-state index is 0.388. The Bertz CT molecular complexity index is 1070. The highest BCUT2D eigenvalue weighted by molar-refractivity contribution is 5.97. The molecular weight excluding hydrogens is 308 g/mol. The van der Waals surface area contributed by atoms with Gasteiger partial charge in [-0.2, -0.15) is 5.10 Å². The molecule has 0 fully saturated rings. The standard InChI is InChI=1S/C21H18N4/c1-15-14-25(21(22)24-15)23-13-16-6-4-9-18(12-16)20-11-5-8-17-7-2-3-10-19(17)20/h2-14H,1H3,(H2,22,24). The number of nitrogens with zero attached hydrogens (tertiary/aromatic N) is 3. The summed E-state index contributed by atoms with van der Waals surface area (Å²) in [5.74, 6) is 0.388. The summed E-state index contributed by atoms with van der Waals surface area (Å²) in [6.45, 7) is 1.89. The molecule has 0 aliphatic heterocycles. The smallest absolute Gasteiger partial charge is 0.221 e. The number of nitrogen functional groups attached to an aromatic ring is 1. The maximum Gasteiger partial charge on any atom is 0.221 e. The first-order valence-corrected chi connectivity index (χ1v) is 8.15. The molecular formula is C21H18N4. The van der Waals surface area contributed by atoms with E-state index in [1.165, 1.54) is 16.3 Å². The van der Waals surface area contributed by atoms with E-state index in [-0.39, 0.29) is 0 Å². The van der Waals surface area contributed by atoms with Gasteiger partial charge in [0.1, 0.15) is 0 Å². The second-order valence-corrected chi connectivity index (χ2v) is 5.98. The van der Waals surface area contributed by atoms with Crippen LogP contribution in [0.15, 0.2) is 78.0 Å². The molecule has 0 bridgehead atoms. The Morgan fingerprint density at radius 2 is 1.80 bits per heavy atom. The second kappa shape index (κ2) is 6.24. The molecule has 25 heavy (non-hydrogen) atoms. The summed E-state index contributed by atoms with van der Waals surface area (Å²) < 4.78 is 1.58. The molecule has 0 amide bonds. The molecule has 0 radical (unpaired) electrons. The maximum absolute atomic E-state index is 5.83. The summed E-state index contributed by atoms with van der Waals surface area (Å²) in [5, 5.41) is 6.88. The number of aromatic nitrogens is 2. The number of rotatable bonds is 3. The Morgan fingerprint density at radius 3 is 2.64 bits per heavy atom. The fourth-order valence-electron chi connectivity index (χ4n) is 2.99. The summed E-state index contributed by atoms with van der Waals surface area (Å²) in [7, 11) is 0. The van der Waals surface area contributed by atoms with Gasteiger partial charge in [-0.25, -0.2) is 9.66 Å². The van der Waals surface area contributed by atoms with Crippen molar-refractivity contribution in [2.75, 3.05) is 5.73 Å². The van der Waals surface area contributed by atoms with Crippen molar-refractivity contribution in [3.8, 4) is 11.1 Å². The topological polar surface area (TPSA) is 56.2 Å². The van der Waals surface area contributed by atoms with Gasteiger partial charge in [0.2, 0.25) is 5.95 Å².